The fourth-order valence-corrected chi connectivity index (χ4v) is 5.60. The Kier molecular flexibility index (Phi) is 6.00. The minimum Gasteiger partial charge on any atom is -0.396 e. The Balaban J connectivity index is 2.15. The van der Waals surface area contributed by atoms with Crippen LogP contribution in [0.3, 0.4) is 0 Å². The highest BCUT2D eigenvalue weighted by Gasteiger charge is 2.22. The van der Waals surface area contributed by atoms with Crippen molar-refractivity contribution in [2.45, 2.75) is 70.0 Å². The van der Waals surface area contributed by atoms with Gasteiger partial charge in [-0.05, 0) is 51.0 Å². The zero-order valence-electron chi connectivity index (χ0n) is 14.5. The molecule has 0 amide bonds. The Labute approximate surface area is 151 Å². The number of aliphatic hydroxyl groups is 1. The monoisotopic (exact) mass is 366 g/mol. The molecule has 1 atom stereocenters. The maximum atomic E-state index is 13.3. The van der Waals surface area contributed by atoms with Gasteiger partial charge in [-0.3, -0.25) is 9.36 Å². The van der Waals surface area contributed by atoms with Crippen LogP contribution in [-0.4, -0.2) is 27.0 Å². The van der Waals surface area contributed by atoms with Crippen LogP contribution in [0.1, 0.15) is 62.4 Å². The first-order chi connectivity index (χ1) is 11.7. The van der Waals surface area contributed by atoms with E-state index in [0.29, 0.717) is 0 Å². The lowest BCUT2D eigenvalue weighted by Crippen LogP contribution is -2.26. The van der Waals surface area contributed by atoms with Crippen LogP contribution in [0.4, 0.5) is 0 Å². The van der Waals surface area contributed by atoms with Gasteiger partial charge in [0.2, 0.25) is 0 Å². The zero-order valence-corrected chi connectivity index (χ0v) is 16.1. The molecule has 1 aliphatic rings. The molecule has 0 saturated carbocycles. The molecule has 24 heavy (non-hydrogen) atoms. The number of nitrogens with zero attached hydrogens (tertiary/aromatic N) is 2. The first-order valence-corrected chi connectivity index (χ1v) is 10.8. The lowest BCUT2D eigenvalue weighted by Gasteiger charge is -2.17. The highest BCUT2D eigenvalue weighted by molar-refractivity contribution is 7.99. The summed E-state index contributed by atoms with van der Waals surface area (Å²) in [5.41, 5.74) is 1.41. The Morgan fingerprint density at radius 2 is 2.12 bits per heavy atom. The fraction of sp³-hybridized carbons (Fsp3) is 0.667. The number of rotatable bonds is 6. The molecule has 6 heteroatoms. The summed E-state index contributed by atoms with van der Waals surface area (Å²) in [6, 6.07) is 0.146. The van der Waals surface area contributed by atoms with Gasteiger partial charge in [-0.1, -0.05) is 25.1 Å². The van der Waals surface area contributed by atoms with Crippen molar-refractivity contribution in [2.24, 2.45) is 0 Å². The SMILES string of the molecule is CCC(C)n1c(SCCCO)nc2sc3c(c2c1=O)CCCCC3. The van der Waals surface area contributed by atoms with E-state index in [0.717, 1.165) is 46.8 Å². The molecule has 4 nitrogen and oxygen atoms in total. The second kappa shape index (κ2) is 8.02. The quantitative estimate of drug-likeness (QED) is 0.361. The average Bonchev–Trinajstić information content (AvgIpc) is 2.76. The van der Waals surface area contributed by atoms with Crippen LogP contribution in [0.25, 0.3) is 10.2 Å². The van der Waals surface area contributed by atoms with Gasteiger partial charge in [-0.15, -0.1) is 11.3 Å². The van der Waals surface area contributed by atoms with Crippen LogP contribution in [-0.2, 0) is 12.8 Å². The molecule has 0 bridgehead atoms. The number of aromatic nitrogens is 2. The number of hydrogen-bond donors (Lipinski definition) is 1. The van der Waals surface area contributed by atoms with E-state index in [1.165, 1.54) is 29.7 Å². The summed E-state index contributed by atoms with van der Waals surface area (Å²) >= 11 is 3.31. The lowest BCUT2D eigenvalue weighted by molar-refractivity contribution is 0.296. The minimum atomic E-state index is 0.139. The van der Waals surface area contributed by atoms with Crippen LogP contribution in [0.15, 0.2) is 9.95 Å². The summed E-state index contributed by atoms with van der Waals surface area (Å²) in [5, 5.41) is 10.7. The minimum absolute atomic E-state index is 0.139. The van der Waals surface area contributed by atoms with E-state index in [9.17, 15) is 4.79 Å². The van der Waals surface area contributed by atoms with Gasteiger partial charge in [0, 0.05) is 23.3 Å². The van der Waals surface area contributed by atoms with Gasteiger partial charge < -0.3 is 5.11 Å². The molecular weight excluding hydrogens is 340 g/mol. The molecule has 1 unspecified atom stereocenters. The third-order valence-corrected chi connectivity index (χ3v) is 7.03. The molecular formula is C18H26N2O2S2. The highest BCUT2D eigenvalue weighted by atomic mass is 32.2. The molecule has 2 aromatic rings. The van der Waals surface area contributed by atoms with Crippen molar-refractivity contribution in [3.05, 3.63) is 20.8 Å². The van der Waals surface area contributed by atoms with Crippen molar-refractivity contribution in [1.29, 1.82) is 0 Å². The molecule has 0 aromatic carbocycles. The van der Waals surface area contributed by atoms with Crippen molar-refractivity contribution in [3.8, 4) is 0 Å². The maximum absolute atomic E-state index is 13.3. The average molecular weight is 367 g/mol. The number of aliphatic hydroxyl groups excluding tert-OH is 1. The van der Waals surface area contributed by atoms with Gasteiger partial charge in [-0.2, -0.15) is 0 Å². The van der Waals surface area contributed by atoms with Crippen LogP contribution < -0.4 is 5.56 Å². The van der Waals surface area contributed by atoms with Gasteiger partial charge >= 0.3 is 0 Å². The van der Waals surface area contributed by atoms with Gasteiger partial charge in [0.05, 0.1) is 5.39 Å². The number of aryl methyl sites for hydroxylation is 2. The molecule has 0 radical (unpaired) electrons. The molecule has 1 N–H and O–H groups in total. The molecule has 132 valence electrons. The summed E-state index contributed by atoms with van der Waals surface area (Å²) in [4.78, 5) is 20.5. The van der Waals surface area contributed by atoms with E-state index in [-0.39, 0.29) is 18.2 Å². The van der Waals surface area contributed by atoms with Crippen molar-refractivity contribution in [1.82, 2.24) is 9.55 Å². The summed E-state index contributed by atoms with van der Waals surface area (Å²) in [5.74, 6) is 0.788. The standard InChI is InChI=1S/C18H26N2O2S2/c1-3-12(2)20-17(22)15-13-8-5-4-6-9-14(13)24-16(15)19-18(20)23-11-7-10-21/h12,21H,3-11H2,1-2H3. The normalized spacial score (nSPS) is 16.1. The maximum Gasteiger partial charge on any atom is 0.263 e. The summed E-state index contributed by atoms with van der Waals surface area (Å²) in [7, 11) is 0. The predicted octanol–water partition coefficient (Wildman–Crippen LogP) is 4.17. The van der Waals surface area contributed by atoms with Crippen LogP contribution in [0.5, 0.6) is 0 Å². The van der Waals surface area contributed by atoms with E-state index < -0.39 is 0 Å². The third-order valence-electron chi connectivity index (χ3n) is 4.80. The van der Waals surface area contributed by atoms with Crippen molar-refractivity contribution in [3.63, 3.8) is 0 Å². The Morgan fingerprint density at radius 1 is 1.33 bits per heavy atom. The van der Waals surface area contributed by atoms with Crippen LogP contribution >= 0.6 is 23.1 Å². The summed E-state index contributed by atoms with van der Waals surface area (Å²) in [6.07, 6.45) is 7.39. The highest BCUT2D eigenvalue weighted by Crippen LogP contribution is 2.34. The Bertz CT molecular complexity index is 766. The summed E-state index contributed by atoms with van der Waals surface area (Å²) in [6.45, 7) is 4.38. The molecule has 3 rings (SSSR count). The van der Waals surface area contributed by atoms with Crippen LogP contribution in [0.2, 0.25) is 0 Å². The van der Waals surface area contributed by atoms with Crippen molar-refractivity contribution >= 4 is 33.3 Å². The molecule has 0 aliphatic heterocycles. The molecule has 0 spiro atoms. The second-order valence-corrected chi connectivity index (χ2v) is 8.64. The zero-order chi connectivity index (χ0) is 17.1. The molecule has 1 aliphatic carbocycles. The molecule has 0 fully saturated rings. The second-order valence-electron chi connectivity index (χ2n) is 6.50. The largest absolute Gasteiger partial charge is 0.396 e. The smallest absolute Gasteiger partial charge is 0.263 e. The Hall–Kier alpha value is -0.850. The van der Waals surface area contributed by atoms with E-state index >= 15 is 0 Å². The lowest BCUT2D eigenvalue weighted by atomic mass is 10.1. The van der Waals surface area contributed by atoms with Gasteiger partial charge in [0.1, 0.15) is 4.83 Å². The molecule has 0 saturated heterocycles. The van der Waals surface area contributed by atoms with Gasteiger partial charge in [0.15, 0.2) is 5.16 Å². The topological polar surface area (TPSA) is 55.1 Å². The van der Waals surface area contributed by atoms with E-state index in [1.54, 1.807) is 23.1 Å². The van der Waals surface area contributed by atoms with Gasteiger partial charge in [0.25, 0.3) is 5.56 Å². The molecule has 2 heterocycles. The van der Waals surface area contributed by atoms with Crippen molar-refractivity contribution in [2.75, 3.05) is 12.4 Å². The summed E-state index contributed by atoms with van der Waals surface area (Å²) < 4.78 is 1.89. The van der Waals surface area contributed by atoms with Crippen molar-refractivity contribution < 1.29 is 5.11 Å². The first kappa shape index (κ1) is 18.0. The number of thioether (sulfide) groups is 1. The van der Waals surface area contributed by atoms with E-state index in [1.807, 2.05) is 4.57 Å². The van der Waals surface area contributed by atoms with E-state index in [4.69, 9.17) is 10.1 Å². The number of hydrogen-bond acceptors (Lipinski definition) is 5. The van der Waals surface area contributed by atoms with Crippen LogP contribution in [0, 0.1) is 0 Å². The number of thiophene rings is 1. The third kappa shape index (κ3) is 3.41. The molecule has 2 aromatic heterocycles. The number of fused-ring (bicyclic) bond motifs is 3. The van der Waals surface area contributed by atoms with Gasteiger partial charge in [-0.25, -0.2) is 4.98 Å². The fourth-order valence-electron chi connectivity index (χ4n) is 3.28. The predicted molar refractivity (Wildman–Crippen MR) is 103 cm³/mol. The van der Waals surface area contributed by atoms with E-state index in [2.05, 4.69) is 13.8 Å². The first-order valence-electron chi connectivity index (χ1n) is 8.97. The Morgan fingerprint density at radius 3 is 2.88 bits per heavy atom.